The number of piperidine rings is 1. The van der Waals surface area contributed by atoms with Gasteiger partial charge in [0.1, 0.15) is 25.2 Å². The van der Waals surface area contributed by atoms with Gasteiger partial charge in [-0.3, -0.25) is 19.8 Å². The Morgan fingerprint density at radius 2 is 1.65 bits per heavy atom. The predicted molar refractivity (Wildman–Crippen MR) is 166 cm³/mol. The number of nitrogens with zero attached hydrogens (tertiary/aromatic N) is 3. The maximum absolute atomic E-state index is 13.0. The summed E-state index contributed by atoms with van der Waals surface area (Å²) in [5, 5.41) is 8.69. The van der Waals surface area contributed by atoms with Crippen molar-refractivity contribution in [2.45, 2.75) is 63.6 Å². The molecule has 0 saturated carbocycles. The molecule has 13 nitrogen and oxygen atoms in total. The molecule has 13 heteroatoms. The van der Waals surface area contributed by atoms with Gasteiger partial charge in [0.05, 0.1) is 13.4 Å². The van der Waals surface area contributed by atoms with Crippen LogP contribution in [0.4, 0.5) is 0 Å². The van der Waals surface area contributed by atoms with E-state index in [4.69, 9.17) is 15.0 Å². The topological polar surface area (TPSA) is 183 Å². The van der Waals surface area contributed by atoms with E-state index in [2.05, 4.69) is 51.9 Å². The van der Waals surface area contributed by atoms with Gasteiger partial charge < -0.3 is 40.1 Å². The maximum atomic E-state index is 13.0. The first-order valence-corrected chi connectivity index (χ1v) is 14.0. The minimum Gasteiger partial charge on any atom is -0.463 e. The first kappa shape index (κ1) is 41.2. The Morgan fingerprint density at radius 3 is 2.07 bits per heavy atom. The van der Waals surface area contributed by atoms with E-state index in [-0.39, 0.29) is 11.9 Å². The molecule has 242 valence electrons. The van der Waals surface area contributed by atoms with Crippen molar-refractivity contribution in [1.82, 2.24) is 20.0 Å². The van der Waals surface area contributed by atoms with Crippen LogP contribution in [0.25, 0.3) is 0 Å². The molecule has 4 N–H and O–H groups in total. The van der Waals surface area contributed by atoms with E-state index >= 15 is 0 Å². The monoisotopic (exact) mass is 606 g/mol. The highest BCUT2D eigenvalue weighted by Crippen LogP contribution is 2.27. The second-order valence-corrected chi connectivity index (χ2v) is 9.86. The molecule has 0 aliphatic carbocycles. The highest BCUT2D eigenvalue weighted by atomic mass is 16.5. The zero-order valence-corrected chi connectivity index (χ0v) is 26.3. The standard InChI is InChI=1S/C19H32N4O5.C8H10.CH4N2.2CH2O/c1-5-21(2)12-14-6-7-15(23(14)13-24)17(26)20-19(16(25)18(27)28-4)8-10-22(3)11-9-19;1-2-8-6-4-3-5-7-8;2-1-3;2*1-2/h13-15H,5-12H2,1-4H3,(H,20,26);3-7H,2H2,1H3;1H,(H3,2,3);2*1H2. The van der Waals surface area contributed by atoms with Gasteiger partial charge in [-0.2, -0.15) is 0 Å². The molecule has 2 aliphatic heterocycles. The van der Waals surface area contributed by atoms with Crippen LogP contribution in [0.3, 0.4) is 0 Å². The van der Waals surface area contributed by atoms with Crippen molar-refractivity contribution in [3.05, 3.63) is 35.9 Å². The number of likely N-dealkylation sites (N-methyl/N-ethyl adjacent to an activating group) is 1. The van der Waals surface area contributed by atoms with Crippen LogP contribution in [0, 0.1) is 5.41 Å². The summed E-state index contributed by atoms with van der Waals surface area (Å²) in [6.45, 7) is 10.9. The Bertz CT molecular complexity index is 956. The molecular weight excluding hydrogens is 556 g/mol. The van der Waals surface area contributed by atoms with Gasteiger partial charge >= 0.3 is 5.97 Å². The van der Waals surface area contributed by atoms with E-state index in [1.54, 1.807) is 4.90 Å². The molecule has 2 saturated heterocycles. The normalized spacial score (nSPS) is 18.3. The van der Waals surface area contributed by atoms with E-state index in [1.807, 2.05) is 45.6 Å². The number of benzene rings is 1. The lowest BCUT2D eigenvalue weighted by atomic mass is 9.83. The molecule has 2 unspecified atom stereocenters. The van der Waals surface area contributed by atoms with Crippen LogP contribution < -0.4 is 11.1 Å². The molecule has 0 bridgehead atoms. The summed E-state index contributed by atoms with van der Waals surface area (Å²) in [5.74, 6) is -2.06. The second-order valence-electron chi connectivity index (χ2n) is 9.86. The number of carbonyl (C=O) groups is 6. The van der Waals surface area contributed by atoms with Crippen LogP contribution in [0.15, 0.2) is 30.3 Å². The summed E-state index contributed by atoms with van der Waals surface area (Å²) < 4.78 is 4.61. The zero-order valence-electron chi connectivity index (χ0n) is 26.3. The van der Waals surface area contributed by atoms with Gasteiger partial charge in [0.15, 0.2) is 0 Å². The van der Waals surface area contributed by atoms with E-state index < -0.39 is 23.3 Å². The molecule has 43 heavy (non-hydrogen) atoms. The van der Waals surface area contributed by atoms with Crippen LogP contribution >= 0.6 is 0 Å². The van der Waals surface area contributed by atoms with Crippen molar-refractivity contribution in [3.63, 3.8) is 0 Å². The van der Waals surface area contributed by atoms with Crippen molar-refractivity contribution < 1.29 is 33.5 Å². The molecule has 1 aromatic carbocycles. The third-order valence-electron chi connectivity index (χ3n) is 7.30. The highest BCUT2D eigenvalue weighted by Gasteiger charge is 2.48. The van der Waals surface area contributed by atoms with Gasteiger partial charge in [0, 0.05) is 25.7 Å². The fraction of sp³-hybridized carbons (Fsp3) is 0.567. The average molecular weight is 607 g/mol. The lowest BCUT2D eigenvalue weighted by Gasteiger charge is -2.40. The Hall–Kier alpha value is -3.97. The maximum Gasteiger partial charge on any atom is 0.376 e. The molecule has 2 fully saturated rings. The number of amides is 2. The SMILES string of the molecule is C=O.C=O.CCN(C)CC1CCC(C(=O)NC2(C(=O)C(=O)OC)CCN(C)CC2)N1C=O.CCc1ccccc1.N=CN. The Morgan fingerprint density at radius 1 is 1.12 bits per heavy atom. The molecule has 1 aromatic rings. The van der Waals surface area contributed by atoms with E-state index in [9.17, 15) is 19.2 Å². The number of likely N-dealkylation sites (tertiary alicyclic amines) is 2. The van der Waals surface area contributed by atoms with E-state index in [0.717, 1.165) is 39.2 Å². The number of methoxy groups -OCH3 is 1. The van der Waals surface area contributed by atoms with Gasteiger partial charge in [-0.1, -0.05) is 44.2 Å². The summed E-state index contributed by atoms with van der Waals surface area (Å²) in [7, 11) is 5.05. The van der Waals surface area contributed by atoms with Crippen LogP contribution in [0.1, 0.15) is 45.1 Å². The third-order valence-corrected chi connectivity index (χ3v) is 7.30. The number of rotatable bonds is 9. The summed E-state index contributed by atoms with van der Waals surface area (Å²) in [4.78, 5) is 71.0. The molecule has 0 spiro atoms. The van der Waals surface area contributed by atoms with E-state index in [1.165, 1.54) is 5.56 Å². The summed E-state index contributed by atoms with van der Waals surface area (Å²) in [6.07, 6.45) is 4.53. The number of nitrogens with two attached hydrogens (primary N) is 1. The smallest absolute Gasteiger partial charge is 0.376 e. The fourth-order valence-corrected chi connectivity index (χ4v) is 4.73. The van der Waals surface area contributed by atoms with Gasteiger partial charge in [-0.25, -0.2) is 4.79 Å². The van der Waals surface area contributed by atoms with Gasteiger partial charge in [0.25, 0.3) is 5.78 Å². The minimum atomic E-state index is -1.27. The number of hydrogen-bond donors (Lipinski definition) is 3. The van der Waals surface area contributed by atoms with Crippen LogP contribution in [0.2, 0.25) is 0 Å². The Labute approximate surface area is 255 Å². The quantitative estimate of drug-likeness (QED) is 0.119. The minimum absolute atomic E-state index is 0.0389. The van der Waals surface area contributed by atoms with E-state index in [0.29, 0.717) is 38.9 Å². The summed E-state index contributed by atoms with van der Waals surface area (Å²) >= 11 is 0. The number of esters is 1. The Kier molecular flexibility index (Phi) is 22.6. The fourth-order valence-electron chi connectivity index (χ4n) is 4.73. The number of ether oxygens (including phenoxy) is 1. The number of carbonyl (C=O) groups excluding carboxylic acids is 6. The average Bonchev–Trinajstić information content (AvgIpc) is 3.46. The molecule has 0 aromatic heterocycles. The number of nitrogens with one attached hydrogen (secondary N) is 2. The molecular formula is C30H50N6O7. The van der Waals surface area contributed by atoms with Crippen LogP contribution in [0.5, 0.6) is 0 Å². The zero-order chi connectivity index (χ0) is 33.4. The first-order valence-electron chi connectivity index (χ1n) is 14.0. The van der Waals surface area contributed by atoms with Crippen molar-refractivity contribution in [1.29, 1.82) is 5.41 Å². The molecule has 2 aliphatic rings. The molecule has 2 amide bonds. The third kappa shape index (κ3) is 13.7. The van der Waals surface area contributed by atoms with Crippen molar-refractivity contribution >= 4 is 44.0 Å². The number of ketones is 1. The molecule has 0 radical (unpaired) electrons. The van der Waals surface area contributed by atoms with Crippen molar-refractivity contribution in [2.75, 3.05) is 47.4 Å². The molecule has 2 heterocycles. The van der Waals surface area contributed by atoms with Crippen LogP contribution in [-0.2, 0) is 39.9 Å². The van der Waals surface area contributed by atoms with Crippen LogP contribution in [-0.4, -0.2) is 124 Å². The number of aryl methyl sites for hydroxylation is 1. The number of hydrogen-bond acceptors (Lipinski definition) is 10. The van der Waals surface area contributed by atoms with Gasteiger partial charge in [-0.05, 0) is 58.3 Å². The Balaban J connectivity index is 0. The van der Waals surface area contributed by atoms with Gasteiger partial charge in [0.2, 0.25) is 12.3 Å². The summed E-state index contributed by atoms with van der Waals surface area (Å²) in [6, 6.07) is 9.79. The van der Waals surface area contributed by atoms with Crippen molar-refractivity contribution in [3.8, 4) is 0 Å². The largest absolute Gasteiger partial charge is 0.463 e. The first-order chi connectivity index (χ1) is 20.6. The lowest BCUT2D eigenvalue weighted by Crippen LogP contribution is -2.64. The molecule has 2 atom stereocenters. The molecule has 3 rings (SSSR count). The summed E-state index contributed by atoms with van der Waals surface area (Å²) in [5.41, 5.74) is 4.52. The lowest BCUT2D eigenvalue weighted by molar-refractivity contribution is -0.156. The van der Waals surface area contributed by atoms with Gasteiger partial charge in [-0.15, -0.1) is 0 Å². The second kappa shape index (κ2) is 23.6. The van der Waals surface area contributed by atoms with Crippen molar-refractivity contribution in [2.24, 2.45) is 5.73 Å². The number of Topliss-reactive ketones (excluding diaryl/α,β-unsaturated/α-hetero) is 1. The highest BCUT2D eigenvalue weighted by molar-refractivity contribution is 6.37. The predicted octanol–water partition coefficient (Wildman–Crippen LogP) is 0.682.